The van der Waals surface area contributed by atoms with E-state index in [4.69, 9.17) is 0 Å². The molecule has 2 atom stereocenters. The molecule has 1 heterocycles. The van der Waals surface area contributed by atoms with Crippen molar-refractivity contribution in [2.45, 2.75) is 29.4 Å². The van der Waals surface area contributed by atoms with Gasteiger partial charge in [0.2, 0.25) is 0 Å². The predicted octanol–water partition coefficient (Wildman–Crippen LogP) is 3.92. The smallest absolute Gasteiger partial charge is 0.0784 e. The first kappa shape index (κ1) is 13.4. The molecule has 0 saturated carbocycles. The first-order chi connectivity index (χ1) is 9.79. The third-order valence-electron chi connectivity index (χ3n) is 3.81. The fraction of sp³-hybridized carbons (Fsp3) is 0.294. The molecule has 0 fully saturated rings. The quantitative estimate of drug-likeness (QED) is 0.840. The zero-order valence-electron chi connectivity index (χ0n) is 11.4. The third kappa shape index (κ3) is 2.63. The molecule has 0 radical (unpaired) electrons. The molecular formula is C17H19NOS. The number of hydrogen-bond acceptors (Lipinski definition) is 2. The van der Waals surface area contributed by atoms with Gasteiger partial charge in [-0.1, -0.05) is 48.5 Å². The lowest BCUT2D eigenvalue weighted by atomic mass is 10.1. The zero-order chi connectivity index (χ0) is 13.8. The summed E-state index contributed by atoms with van der Waals surface area (Å²) in [5, 5.41) is 0.126. The maximum Gasteiger partial charge on any atom is 0.0784 e. The van der Waals surface area contributed by atoms with Crippen LogP contribution in [0.25, 0.3) is 0 Å². The molecule has 104 valence electrons. The summed E-state index contributed by atoms with van der Waals surface area (Å²) in [6.45, 7) is 0.721. The maximum atomic E-state index is 13.4. The fourth-order valence-electron chi connectivity index (χ4n) is 2.76. The fourth-order valence-corrected chi connectivity index (χ4v) is 5.36. The number of hydrogen-bond donors (Lipinski definition) is 0. The van der Waals surface area contributed by atoms with E-state index in [2.05, 4.69) is 16.5 Å². The van der Waals surface area contributed by atoms with E-state index in [1.54, 1.807) is 0 Å². The van der Waals surface area contributed by atoms with Gasteiger partial charge in [-0.15, -0.1) is 0 Å². The lowest BCUT2D eigenvalue weighted by Gasteiger charge is -2.25. The monoisotopic (exact) mass is 285 g/mol. The first-order valence-corrected chi connectivity index (χ1v) is 8.67. The van der Waals surface area contributed by atoms with Crippen LogP contribution < -0.4 is 0 Å². The topological polar surface area (TPSA) is 29.4 Å². The van der Waals surface area contributed by atoms with E-state index in [0.717, 1.165) is 30.7 Å². The standard InChI is InChI=1S/C17H19NOS/c19-20(16-10-5-2-6-11-16)17(12-7-13-18-20)14-15-8-3-1-4-9-15/h1-6,8-11,17H,7,12-14H2/t17?,20-/m1/s1. The van der Waals surface area contributed by atoms with E-state index in [1.165, 1.54) is 5.56 Å². The summed E-state index contributed by atoms with van der Waals surface area (Å²) in [5.41, 5.74) is 1.25. The van der Waals surface area contributed by atoms with Crippen LogP contribution in [0.5, 0.6) is 0 Å². The van der Waals surface area contributed by atoms with Crippen molar-refractivity contribution in [3.8, 4) is 0 Å². The van der Waals surface area contributed by atoms with E-state index in [-0.39, 0.29) is 5.25 Å². The Bertz CT molecular complexity index is 673. The van der Waals surface area contributed by atoms with Crippen molar-refractivity contribution in [3.63, 3.8) is 0 Å². The summed E-state index contributed by atoms with van der Waals surface area (Å²) in [6.07, 6.45) is 2.88. The summed E-state index contributed by atoms with van der Waals surface area (Å²) < 4.78 is 17.9. The minimum absolute atomic E-state index is 0.126. The predicted molar refractivity (Wildman–Crippen MR) is 83.3 cm³/mol. The molecule has 0 amide bonds. The van der Waals surface area contributed by atoms with Crippen LogP contribution in [0, 0.1) is 0 Å². The van der Waals surface area contributed by atoms with E-state index in [1.807, 2.05) is 48.5 Å². The van der Waals surface area contributed by atoms with Gasteiger partial charge in [-0.25, -0.2) is 8.57 Å². The average molecular weight is 285 g/mol. The van der Waals surface area contributed by atoms with Crippen molar-refractivity contribution in [1.82, 2.24) is 0 Å². The highest BCUT2D eigenvalue weighted by atomic mass is 32.2. The lowest BCUT2D eigenvalue weighted by molar-refractivity contribution is 0.612. The van der Waals surface area contributed by atoms with Crippen LogP contribution in [-0.2, 0) is 16.1 Å². The largest absolute Gasteiger partial charge is 0.244 e. The van der Waals surface area contributed by atoms with Gasteiger partial charge in [-0.05, 0) is 37.0 Å². The molecule has 1 aliphatic heterocycles. The Morgan fingerprint density at radius 3 is 2.35 bits per heavy atom. The molecule has 2 aromatic carbocycles. The van der Waals surface area contributed by atoms with Gasteiger partial charge in [-0.3, -0.25) is 0 Å². The molecule has 0 aromatic heterocycles. The van der Waals surface area contributed by atoms with Gasteiger partial charge in [0.1, 0.15) is 0 Å². The van der Waals surface area contributed by atoms with Crippen LogP contribution >= 0.6 is 0 Å². The molecule has 2 aromatic rings. The summed E-state index contributed by atoms with van der Waals surface area (Å²) in [4.78, 5) is 0.889. The van der Waals surface area contributed by atoms with Crippen molar-refractivity contribution in [2.24, 2.45) is 4.36 Å². The SMILES string of the molecule is O=[S@@]1(c2ccccc2)=NCCCC1Cc1ccccc1. The van der Waals surface area contributed by atoms with Gasteiger partial charge in [0.25, 0.3) is 0 Å². The molecule has 1 aliphatic rings. The average Bonchev–Trinajstić information content (AvgIpc) is 2.52. The van der Waals surface area contributed by atoms with Crippen LogP contribution in [0.1, 0.15) is 18.4 Å². The lowest BCUT2D eigenvalue weighted by Crippen LogP contribution is -2.27. The molecule has 0 aliphatic carbocycles. The molecule has 0 N–H and O–H groups in total. The van der Waals surface area contributed by atoms with E-state index in [0.29, 0.717) is 0 Å². The van der Waals surface area contributed by atoms with Crippen molar-refractivity contribution in [2.75, 3.05) is 6.54 Å². The molecule has 20 heavy (non-hydrogen) atoms. The second-order valence-electron chi connectivity index (χ2n) is 5.19. The van der Waals surface area contributed by atoms with Crippen molar-refractivity contribution < 1.29 is 4.21 Å². The second kappa shape index (κ2) is 5.80. The molecular weight excluding hydrogens is 266 g/mol. The number of benzene rings is 2. The minimum atomic E-state index is -2.28. The van der Waals surface area contributed by atoms with Gasteiger partial charge >= 0.3 is 0 Å². The van der Waals surface area contributed by atoms with Crippen LogP contribution in [0.2, 0.25) is 0 Å². The van der Waals surface area contributed by atoms with Gasteiger partial charge in [0, 0.05) is 11.4 Å². The summed E-state index contributed by atoms with van der Waals surface area (Å²) in [5.74, 6) is 0. The molecule has 0 bridgehead atoms. The van der Waals surface area contributed by atoms with Gasteiger partial charge in [0.15, 0.2) is 0 Å². The van der Waals surface area contributed by atoms with Gasteiger partial charge in [-0.2, -0.15) is 0 Å². The van der Waals surface area contributed by atoms with Crippen molar-refractivity contribution in [1.29, 1.82) is 0 Å². The Hall–Kier alpha value is -1.61. The van der Waals surface area contributed by atoms with E-state index >= 15 is 0 Å². The Morgan fingerprint density at radius 2 is 1.65 bits per heavy atom. The number of nitrogens with zero attached hydrogens (tertiary/aromatic N) is 1. The first-order valence-electron chi connectivity index (χ1n) is 7.10. The van der Waals surface area contributed by atoms with Crippen LogP contribution in [0.15, 0.2) is 69.9 Å². The molecule has 1 unspecified atom stereocenters. The second-order valence-corrected chi connectivity index (χ2v) is 7.72. The molecule has 0 saturated heterocycles. The Balaban J connectivity index is 1.96. The highest BCUT2D eigenvalue weighted by molar-refractivity contribution is 7.94. The normalized spacial score (nSPS) is 25.9. The van der Waals surface area contributed by atoms with Crippen molar-refractivity contribution >= 4 is 9.73 Å². The van der Waals surface area contributed by atoms with E-state index in [9.17, 15) is 4.21 Å². The zero-order valence-corrected chi connectivity index (χ0v) is 12.3. The Labute approximate surface area is 121 Å². The van der Waals surface area contributed by atoms with Crippen LogP contribution in [-0.4, -0.2) is 16.0 Å². The van der Waals surface area contributed by atoms with Crippen LogP contribution in [0.4, 0.5) is 0 Å². The highest BCUT2D eigenvalue weighted by Gasteiger charge is 2.27. The molecule has 3 rings (SSSR count). The van der Waals surface area contributed by atoms with Crippen molar-refractivity contribution in [3.05, 3.63) is 66.2 Å². The maximum absolute atomic E-state index is 13.4. The third-order valence-corrected chi connectivity index (χ3v) is 6.63. The molecule has 0 spiro atoms. The van der Waals surface area contributed by atoms with Crippen LogP contribution in [0.3, 0.4) is 0 Å². The number of rotatable bonds is 3. The summed E-state index contributed by atoms with van der Waals surface area (Å²) in [7, 11) is -2.28. The highest BCUT2D eigenvalue weighted by Crippen LogP contribution is 2.28. The summed E-state index contributed by atoms with van der Waals surface area (Å²) >= 11 is 0. The van der Waals surface area contributed by atoms with Gasteiger partial charge < -0.3 is 0 Å². The minimum Gasteiger partial charge on any atom is -0.244 e. The molecule has 2 nitrogen and oxygen atoms in total. The Morgan fingerprint density at radius 1 is 1.00 bits per heavy atom. The van der Waals surface area contributed by atoms with E-state index < -0.39 is 9.73 Å². The Kier molecular flexibility index (Phi) is 3.88. The van der Waals surface area contributed by atoms with Gasteiger partial charge in [0.05, 0.1) is 15.0 Å². The molecule has 3 heteroatoms. The summed E-state index contributed by atoms with van der Waals surface area (Å²) in [6, 6.07) is 20.1.